The second-order valence-electron chi connectivity index (χ2n) is 6.96. The number of carbonyl (C=O) groups excluding carboxylic acids is 1. The first kappa shape index (κ1) is 17.9. The fraction of sp³-hybridized carbons (Fsp3) is 0.190. The largest absolute Gasteiger partial charge is 0.322 e. The van der Waals surface area contributed by atoms with Gasteiger partial charge in [-0.3, -0.25) is 9.48 Å². The monoisotopic (exact) mass is 377 g/mol. The number of nitrogens with zero attached hydrogens (tertiary/aromatic N) is 4. The van der Waals surface area contributed by atoms with E-state index >= 15 is 0 Å². The molecule has 0 aliphatic heterocycles. The predicted octanol–water partition coefficient (Wildman–Crippen LogP) is 4.50. The Morgan fingerprint density at radius 1 is 1.14 bits per heavy atom. The van der Waals surface area contributed by atoms with E-state index in [1.807, 2.05) is 29.1 Å². The topological polar surface area (TPSA) is 64.7 Å². The third kappa shape index (κ3) is 3.26. The molecule has 0 fully saturated rings. The molecule has 0 atom stereocenters. The van der Waals surface area contributed by atoms with Crippen LogP contribution in [0.5, 0.6) is 0 Å². The molecule has 7 heteroatoms. The molecule has 0 aliphatic rings. The minimum Gasteiger partial charge on any atom is -0.322 e. The number of aromatic nitrogens is 4. The van der Waals surface area contributed by atoms with Crippen molar-refractivity contribution in [3.05, 3.63) is 71.9 Å². The number of anilines is 1. The quantitative estimate of drug-likeness (QED) is 0.569. The van der Waals surface area contributed by atoms with Crippen molar-refractivity contribution in [1.29, 1.82) is 0 Å². The first-order valence-electron chi connectivity index (χ1n) is 9.03. The lowest BCUT2D eigenvalue weighted by atomic mass is 10.2. The molecule has 0 saturated carbocycles. The second-order valence-corrected chi connectivity index (χ2v) is 6.96. The summed E-state index contributed by atoms with van der Waals surface area (Å²) >= 11 is 0. The van der Waals surface area contributed by atoms with E-state index < -0.39 is 0 Å². The Morgan fingerprint density at radius 2 is 1.89 bits per heavy atom. The highest BCUT2D eigenvalue weighted by molar-refractivity contribution is 6.05. The lowest BCUT2D eigenvalue weighted by molar-refractivity contribution is 0.102. The van der Waals surface area contributed by atoms with E-state index in [1.54, 1.807) is 23.7 Å². The van der Waals surface area contributed by atoms with Crippen LogP contribution in [-0.2, 0) is 0 Å². The third-order valence-electron chi connectivity index (χ3n) is 4.63. The van der Waals surface area contributed by atoms with Gasteiger partial charge in [-0.25, -0.2) is 9.07 Å². The molecule has 2 aromatic heterocycles. The summed E-state index contributed by atoms with van der Waals surface area (Å²) in [7, 11) is 0. The summed E-state index contributed by atoms with van der Waals surface area (Å²) in [5, 5.41) is 12.7. The number of rotatable bonds is 4. The molecule has 4 aromatic rings. The van der Waals surface area contributed by atoms with Gasteiger partial charge in [0.15, 0.2) is 0 Å². The Bertz CT molecular complexity index is 1160. The maximum absolute atomic E-state index is 13.1. The number of fused-ring (bicyclic) bond motifs is 1. The molecule has 0 bridgehead atoms. The smallest absolute Gasteiger partial charge is 0.259 e. The van der Waals surface area contributed by atoms with E-state index in [4.69, 9.17) is 0 Å². The maximum Gasteiger partial charge on any atom is 0.259 e. The normalized spacial score (nSPS) is 11.3. The summed E-state index contributed by atoms with van der Waals surface area (Å²) in [6, 6.07) is 11.9. The standard InChI is InChI=1S/C21H20FN5O/c1-13(2)26-12-15-10-17(6-9-20(15)25-26)24-21(28)19-11-23-27(14(19)3)18-7-4-16(22)5-8-18/h4-13H,1-3H3,(H,24,28). The predicted molar refractivity (Wildman–Crippen MR) is 106 cm³/mol. The minimum absolute atomic E-state index is 0.249. The van der Waals surface area contributed by atoms with E-state index in [1.165, 1.54) is 18.3 Å². The van der Waals surface area contributed by atoms with E-state index in [-0.39, 0.29) is 17.8 Å². The Labute approximate surface area is 161 Å². The van der Waals surface area contributed by atoms with Crippen molar-refractivity contribution in [3.63, 3.8) is 0 Å². The lowest BCUT2D eigenvalue weighted by Gasteiger charge is -2.07. The zero-order chi connectivity index (χ0) is 19.8. The van der Waals surface area contributed by atoms with Crippen molar-refractivity contribution in [3.8, 4) is 5.69 Å². The summed E-state index contributed by atoms with van der Waals surface area (Å²) in [4.78, 5) is 12.7. The van der Waals surface area contributed by atoms with E-state index in [9.17, 15) is 9.18 Å². The van der Waals surface area contributed by atoms with Crippen LogP contribution in [0, 0.1) is 12.7 Å². The highest BCUT2D eigenvalue weighted by Crippen LogP contribution is 2.21. The van der Waals surface area contributed by atoms with Crippen molar-refractivity contribution in [1.82, 2.24) is 19.6 Å². The molecular weight excluding hydrogens is 357 g/mol. The molecule has 0 aliphatic carbocycles. The highest BCUT2D eigenvalue weighted by Gasteiger charge is 2.16. The maximum atomic E-state index is 13.1. The number of carbonyl (C=O) groups is 1. The van der Waals surface area contributed by atoms with Gasteiger partial charge in [-0.2, -0.15) is 10.2 Å². The van der Waals surface area contributed by atoms with Crippen molar-refractivity contribution in [2.45, 2.75) is 26.8 Å². The van der Waals surface area contributed by atoms with Gasteiger partial charge in [0.05, 0.1) is 28.7 Å². The molecule has 2 aromatic carbocycles. The van der Waals surface area contributed by atoms with Gasteiger partial charge in [0.1, 0.15) is 5.82 Å². The molecular formula is C21H20FN5O. The zero-order valence-corrected chi connectivity index (χ0v) is 15.8. The summed E-state index contributed by atoms with van der Waals surface area (Å²) in [5.74, 6) is -0.566. The summed E-state index contributed by atoms with van der Waals surface area (Å²) in [5.41, 5.74) is 3.40. The number of hydrogen-bond acceptors (Lipinski definition) is 3. The van der Waals surface area contributed by atoms with Crippen LogP contribution in [0.4, 0.5) is 10.1 Å². The van der Waals surface area contributed by atoms with E-state index in [0.29, 0.717) is 22.6 Å². The molecule has 0 spiro atoms. The molecule has 0 saturated heterocycles. The molecule has 2 heterocycles. The molecule has 142 valence electrons. The van der Waals surface area contributed by atoms with Crippen LogP contribution in [0.3, 0.4) is 0 Å². The fourth-order valence-electron chi connectivity index (χ4n) is 3.06. The van der Waals surface area contributed by atoms with Gasteiger partial charge in [0.2, 0.25) is 0 Å². The van der Waals surface area contributed by atoms with Crippen molar-refractivity contribution in [2.24, 2.45) is 0 Å². The number of hydrogen-bond donors (Lipinski definition) is 1. The van der Waals surface area contributed by atoms with Crippen LogP contribution < -0.4 is 5.32 Å². The minimum atomic E-state index is -0.317. The van der Waals surface area contributed by atoms with Crippen LogP contribution in [-0.4, -0.2) is 25.5 Å². The Kier molecular flexibility index (Phi) is 4.43. The molecule has 1 amide bonds. The van der Waals surface area contributed by atoms with Gasteiger partial charge in [0, 0.05) is 23.3 Å². The van der Waals surface area contributed by atoms with Gasteiger partial charge in [-0.05, 0) is 63.2 Å². The van der Waals surface area contributed by atoms with Gasteiger partial charge in [-0.15, -0.1) is 0 Å². The lowest BCUT2D eigenvalue weighted by Crippen LogP contribution is -2.13. The molecule has 1 N–H and O–H groups in total. The molecule has 28 heavy (non-hydrogen) atoms. The Morgan fingerprint density at radius 3 is 2.61 bits per heavy atom. The summed E-state index contributed by atoms with van der Waals surface area (Å²) in [6.07, 6.45) is 3.48. The number of halogens is 1. The van der Waals surface area contributed by atoms with E-state index in [2.05, 4.69) is 29.4 Å². The van der Waals surface area contributed by atoms with Crippen LogP contribution >= 0.6 is 0 Å². The average Bonchev–Trinajstić information content (AvgIpc) is 3.26. The third-order valence-corrected chi connectivity index (χ3v) is 4.63. The molecule has 0 radical (unpaired) electrons. The number of nitrogens with one attached hydrogen (secondary N) is 1. The van der Waals surface area contributed by atoms with Gasteiger partial charge >= 0.3 is 0 Å². The molecule has 6 nitrogen and oxygen atoms in total. The van der Waals surface area contributed by atoms with Crippen molar-refractivity contribution in [2.75, 3.05) is 5.32 Å². The van der Waals surface area contributed by atoms with Gasteiger partial charge < -0.3 is 5.32 Å². The first-order valence-corrected chi connectivity index (χ1v) is 9.03. The number of amides is 1. The van der Waals surface area contributed by atoms with Gasteiger partial charge in [-0.1, -0.05) is 0 Å². The fourth-order valence-corrected chi connectivity index (χ4v) is 3.06. The van der Waals surface area contributed by atoms with Crippen LogP contribution in [0.1, 0.15) is 35.9 Å². The van der Waals surface area contributed by atoms with Crippen LogP contribution in [0.2, 0.25) is 0 Å². The van der Waals surface area contributed by atoms with E-state index in [0.717, 1.165) is 10.9 Å². The van der Waals surface area contributed by atoms with Gasteiger partial charge in [0.25, 0.3) is 5.91 Å². The van der Waals surface area contributed by atoms with Crippen LogP contribution in [0.15, 0.2) is 54.9 Å². The number of benzene rings is 2. The molecule has 4 rings (SSSR count). The second kappa shape index (κ2) is 6.92. The highest BCUT2D eigenvalue weighted by atomic mass is 19.1. The zero-order valence-electron chi connectivity index (χ0n) is 15.8. The first-order chi connectivity index (χ1) is 13.4. The van der Waals surface area contributed by atoms with Crippen LogP contribution in [0.25, 0.3) is 16.6 Å². The summed E-state index contributed by atoms with van der Waals surface area (Å²) < 4.78 is 16.6. The van der Waals surface area contributed by atoms with Crippen molar-refractivity contribution >= 4 is 22.5 Å². The SMILES string of the molecule is Cc1c(C(=O)Nc2ccc3nn(C(C)C)cc3c2)cnn1-c1ccc(F)cc1. The average molecular weight is 377 g/mol. The Balaban J connectivity index is 1.58. The molecule has 0 unspecified atom stereocenters. The van der Waals surface area contributed by atoms with Crippen molar-refractivity contribution < 1.29 is 9.18 Å². The Hall–Kier alpha value is -3.48. The summed E-state index contributed by atoms with van der Waals surface area (Å²) in [6.45, 7) is 5.94.